The first-order chi connectivity index (χ1) is 11.4. The van der Waals surface area contributed by atoms with Crippen molar-refractivity contribution in [1.29, 1.82) is 0 Å². The van der Waals surface area contributed by atoms with Gasteiger partial charge in [0.2, 0.25) is 0 Å². The molecule has 1 aromatic carbocycles. The number of carbonyl (C=O) groups is 1. The van der Waals surface area contributed by atoms with Crippen molar-refractivity contribution in [2.75, 3.05) is 19.0 Å². The number of aryl methyl sites for hydroxylation is 2. The molecule has 2 aromatic rings. The summed E-state index contributed by atoms with van der Waals surface area (Å²) in [6.45, 7) is 6.26. The Labute approximate surface area is 142 Å². The number of methoxy groups -OCH3 is 1. The molecule has 2 N–H and O–H groups in total. The number of anilines is 1. The maximum absolute atomic E-state index is 12.2. The molecular formula is C17H24N4O3. The molecule has 2 amide bonds. The monoisotopic (exact) mass is 332 g/mol. The van der Waals surface area contributed by atoms with Crippen LogP contribution in [0.4, 0.5) is 10.6 Å². The van der Waals surface area contributed by atoms with Crippen molar-refractivity contribution in [3.05, 3.63) is 35.5 Å². The average molecular weight is 332 g/mol. The molecule has 7 nitrogen and oxygen atoms in total. The van der Waals surface area contributed by atoms with Crippen molar-refractivity contribution < 1.29 is 14.3 Å². The highest BCUT2D eigenvalue weighted by Gasteiger charge is 2.14. The van der Waals surface area contributed by atoms with E-state index < -0.39 is 0 Å². The van der Waals surface area contributed by atoms with Crippen LogP contribution in [0.1, 0.15) is 31.1 Å². The first-order valence-corrected chi connectivity index (χ1v) is 7.83. The maximum atomic E-state index is 12.2. The van der Waals surface area contributed by atoms with Gasteiger partial charge in [-0.1, -0.05) is 6.07 Å². The second-order valence-corrected chi connectivity index (χ2v) is 5.46. The lowest BCUT2D eigenvalue weighted by Crippen LogP contribution is -2.31. The molecular weight excluding hydrogens is 308 g/mol. The van der Waals surface area contributed by atoms with E-state index in [2.05, 4.69) is 15.7 Å². The third-order valence-electron chi connectivity index (χ3n) is 3.58. The minimum absolute atomic E-state index is 0.191. The van der Waals surface area contributed by atoms with Gasteiger partial charge < -0.3 is 14.8 Å². The molecule has 2 rings (SSSR count). The molecule has 1 atom stereocenters. The van der Waals surface area contributed by atoms with Crippen LogP contribution in [0, 0.1) is 6.92 Å². The van der Waals surface area contributed by atoms with Gasteiger partial charge in [-0.25, -0.2) is 4.79 Å². The number of nitrogens with zero attached hydrogens (tertiary/aromatic N) is 2. The molecule has 1 heterocycles. The Hall–Kier alpha value is -2.70. The summed E-state index contributed by atoms with van der Waals surface area (Å²) in [5, 5.41) is 9.88. The summed E-state index contributed by atoms with van der Waals surface area (Å²) in [7, 11) is 3.38. The lowest BCUT2D eigenvalue weighted by Gasteiger charge is -2.17. The van der Waals surface area contributed by atoms with Gasteiger partial charge in [0.15, 0.2) is 11.5 Å². The zero-order valence-electron chi connectivity index (χ0n) is 14.7. The molecule has 7 heteroatoms. The average Bonchev–Trinajstić information content (AvgIpc) is 2.85. The number of amides is 2. The Bertz CT molecular complexity index is 712. The zero-order chi connectivity index (χ0) is 17.7. The van der Waals surface area contributed by atoms with E-state index >= 15 is 0 Å². The normalized spacial score (nSPS) is 11.7. The number of hydrogen-bond acceptors (Lipinski definition) is 4. The molecule has 1 aromatic heterocycles. The topological polar surface area (TPSA) is 77.4 Å². The van der Waals surface area contributed by atoms with Crippen LogP contribution in [0.15, 0.2) is 24.3 Å². The molecule has 0 aliphatic rings. The minimum Gasteiger partial charge on any atom is -0.493 e. The van der Waals surface area contributed by atoms with Gasteiger partial charge in [0.1, 0.15) is 5.82 Å². The van der Waals surface area contributed by atoms with Gasteiger partial charge in [0.05, 0.1) is 25.5 Å². The first kappa shape index (κ1) is 17.7. The molecule has 0 fully saturated rings. The fourth-order valence-corrected chi connectivity index (χ4v) is 2.39. The molecule has 0 saturated heterocycles. The molecule has 0 aliphatic carbocycles. The Morgan fingerprint density at radius 1 is 1.33 bits per heavy atom. The predicted octanol–water partition coefficient (Wildman–Crippen LogP) is 3.02. The van der Waals surface area contributed by atoms with Crippen molar-refractivity contribution in [1.82, 2.24) is 15.1 Å². The smallest absolute Gasteiger partial charge is 0.320 e. The van der Waals surface area contributed by atoms with E-state index in [0.29, 0.717) is 23.9 Å². The largest absolute Gasteiger partial charge is 0.493 e. The fraction of sp³-hybridized carbons (Fsp3) is 0.412. The van der Waals surface area contributed by atoms with Crippen LogP contribution in [0.25, 0.3) is 0 Å². The summed E-state index contributed by atoms with van der Waals surface area (Å²) in [6.07, 6.45) is 0. The summed E-state index contributed by atoms with van der Waals surface area (Å²) in [5.41, 5.74) is 1.77. The fourth-order valence-electron chi connectivity index (χ4n) is 2.39. The highest BCUT2D eigenvalue weighted by molar-refractivity contribution is 5.88. The van der Waals surface area contributed by atoms with Crippen molar-refractivity contribution in [2.45, 2.75) is 26.8 Å². The van der Waals surface area contributed by atoms with Crippen molar-refractivity contribution in [3.8, 4) is 11.5 Å². The molecule has 0 bridgehead atoms. The van der Waals surface area contributed by atoms with Crippen LogP contribution in [0.3, 0.4) is 0 Å². The van der Waals surface area contributed by atoms with Crippen LogP contribution in [0.5, 0.6) is 11.5 Å². The molecule has 0 spiro atoms. The van der Waals surface area contributed by atoms with Crippen LogP contribution in [0.2, 0.25) is 0 Å². The van der Waals surface area contributed by atoms with E-state index in [9.17, 15) is 4.79 Å². The molecule has 0 radical (unpaired) electrons. The standard InChI is InChI=1S/C17H24N4O3/c1-6-24-14-8-7-13(10-15(14)23-5)12(3)18-17(22)19-16-9-11(2)20-21(16)4/h7-10,12H,6H2,1-5H3,(H2,18,19,22). The number of urea groups is 1. The Morgan fingerprint density at radius 2 is 2.08 bits per heavy atom. The second-order valence-electron chi connectivity index (χ2n) is 5.46. The molecule has 0 saturated carbocycles. The minimum atomic E-state index is -0.293. The third kappa shape index (κ3) is 4.18. The van der Waals surface area contributed by atoms with Gasteiger partial charge in [-0.3, -0.25) is 10.00 Å². The number of hydrogen-bond donors (Lipinski definition) is 2. The van der Waals surface area contributed by atoms with Crippen LogP contribution in [-0.2, 0) is 7.05 Å². The first-order valence-electron chi connectivity index (χ1n) is 7.83. The predicted molar refractivity (Wildman–Crippen MR) is 92.7 cm³/mol. The van der Waals surface area contributed by atoms with Crippen LogP contribution < -0.4 is 20.1 Å². The van der Waals surface area contributed by atoms with E-state index in [1.807, 2.05) is 45.0 Å². The van der Waals surface area contributed by atoms with Gasteiger partial charge in [-0.15, -0.1) is 0 Å². The summed E-state index contributed by atoms with van der Waals surface area (Å²) < 4.78 is 12.5. The number of rotatable bonds is 6. The van der Waals surface area contributed by atoms with Gasteiger partial charge in [-0.05, 0) is 38.5 Å². The molecule has 24 heavy (non-hydrogen) atoms. The van der Waals surface area contributed by atoms with Gasteiger partial charge in [0, 0.05) is 13.1 Å². The van der Waals surface area contributed by atoms with Crippen LogP contribution in [-0.4, -0.2) is 29.5 Å². The Kier molecular flexibility index (Phi) is 5.68. The zero-order valence-corrected chi connectivity index (χ0v) is 14.7. The summed E-state index contributed by atoms with van der Waals surface area (Å²) >= 11 is 0. The maximum Gasteiger partial charge on any atom is 0.320 e. The summed E-state index contributed by atoms with van der Waals surface area (Å²) in [4.78, 5) is 12.2. The third-order valence-corrected chi connectivity index (χ3v) is 3.58. The second kappa shape index (κ2) is 7.72. The highest BCUT2D eigenvalue weighted by atomic mass is 16.5. The molecule has 130 valence electrons. The van der Waals surface area contributed by atoms with Crippen molar-refractivity contribution >= 4 is 11.8 Å². The van der Waals surface area contributed by atoms with Crippen LogP contribution >= 0.6 is 0 Å². The summed E-state index contributed by atoms with van der Waals surface area (Å²) in [5.74, 6) is 1.97. The number of ether oxygens (including phenoxy) is 2. The van der Waals surface area contributed by atoms with E-state index in [1.54, 1.807) is 18.8 Å². The van der Waals surface area contributed by atoms with Gasteiger partial charge in [0.25, 0.3) is 0 Å². The van der Waals surface area contributed by atoms with E-state index in [0.717, 1.165) is 11.3 Å². The number of aromatic nitrogens is 2. The number of benzene rings is 1. The van der Waals surface area contributed by atoms with E-state index in [-0.39, 0.29) is 12.1 Å². The summed E-state index contributed by atoms with van der Waals surface area (Å²) in [6, 6.07) is 6.95. The van der Waals surface area contributed by atoms with E-state index in [4.69, 9.17) is 9.47 Å². The SMILES string of the molecule is CCOc1ccc(C(C)NC(=O)Nc2cc(C)nn2C)cc1OC. The Morgan fingerprint density at radius 3 is 2.67 bits per heavy atom. The van der Waals surface area contributed by atoms with Crippen molar-refractivity contribution in [2.24, 2.45) is 7.05 Å². The van der Waals surface area contributed by atoms with Gasteiger partial charge >= 0.3 is 6.03 Å². The van der Waals surface area contributed by atoms with Crippen molar-refractivity contribution in [3.63, 3.8) is 0 Å². The van der Waals surface area contributed by atoms with Gasteiger partial charge in [-0.2, -0.15) is 5.10 Å². The molecule has 0 aliphatic heterocycles. The highest BCUT2D eigenvalue weighted by Crippen LogP contribution is 2.30. The molecule has 1 unspecified atom stereocenters. The van der Waals surface area contributed by atoms with E-state index in [1.165, 1.54) is 0 Å². The number of carbonyl (C=O) groups excluding carboxylic acids is 1. The lowest BCUT2D eigenvalue weighted by atomic mass is 10.1. The quantitative estimate of drug-likeness (QED) is 0.852. The Balaban J connectivity index is 2.04. The number of nitrogens with one attached hydrogen (secondary N) is 2. The lowest BCUT2D eigenvalue weighted by molar-refractivity contribution is 0.249.